The summed E-state index contributed by atoms with van der Waals surface area (Å²) in [7, 11) is 3.73. The van der Waals surface area contributed by atoms with Crippen LogP contribution in [0.25, 0.3) is 0 Å². The smallest absolute Gasteiger partial charge is 0.237 e. The molecule has 0 saturated carbocycles. The zero-order valence-electron chi connectivity index (χ0n) is 13.1. The van der Waals surface area contributed by atoms with E-state index < -0.39 is 5.41 Å². The number of hydrogen-bond acceptors (Lipinski definition) is 4. The number of rotatable bonds is 3. The summed E-state index contributed by atoms with van der Waals surface area (Å²) in [6.07, 6.45) is 1.63. The molecule has 1 aromatic carbocycles. The predicted molar refractivity (Wildman–Crippen MR) is 83.8 cm³/mol. The minimum Gasteiger partial charge on any atom is -0.383 e. The van der Waals surface area contributed by atoms with Crippen molar-refractivity contribution in [2.24, 2.45) is 0 Å². The van der Waals surface area contributed by atoms with Crippen molar-refractivity contribution in [2.45, 2.75) is 18.3 Å². The highest BCUT2D eigenvalue weighted by Crippen LogP contribution is 2.48. The summed E-state index contributed by atoms with van der Waals surface area (Å²) in [5.41, 5.74) is 2.15. The lowest BCUT2D eigenvalue weighted by atomic mass is 9.73. The molecule has 5 nitrogen and oxygen atoms in total. The highest BCUT2D eigenvalue weighted by atomic mass is 16.5. The van der Waals surface area contributed by atoms with Gasteiger partial charge in [0.1, 0.15) is 0 Å². The fourth-order valence-corrected chi connectivity index (χ4v) is 3.60. The first-order valence-corrected chi connectivity index (χ1v) is 7.66. The number of nitrogens with zero attached hydrogens (tertiary/aromatic N) is 3. The number of carbonyl (C=O) groups excluding carboxylic acids is 1. The van der Waals surface area contributed by atoms with Crippen LogP contribution in [0.1, 0.15) is 24.0 Å². The summed E-state index contributed by atoms with van der Waals surface area (Å²) in [4.78, 5) is 17.2. The third-order valence-corrected chi connectivity index (χ3v) is 4.95. The maximum absolute atomic E-state index is 13.1. The highest BCUT2D eigenvalue weighted by molar-refractivity contribution is 6.08. The number of hydrogen-bond donors (Lipinski definition) is 0. The Kier molecular flexibility index (Phi) is 3.90. The van der Waals surface area contributed by atoms with E-state index in [0.29, 0.717) is 18.7 Å². The fourth-order valence-electron chi connectivity index (χ4n) is 3.60. The SMILES string of the molecule is COCCN1C(=O)C2(CCN(C)CC2)c2cc(C#N)ccc21. The summed E-state index contributed by atoms with van der Waals surface area (Å²) in [5, 5.41) is 9.19. The van der Waals surface area contributed by atoms with Gasteiger partial charge in [-0.1, -0.05) is 0 Å². The van der Waals surface area contributed by atoms with E-state index in [1.165, 1.54) is 0 Å². The van der Waals surface area contributed by atoms with Crippen LogP contribution in [-0.2, 0) is 14.9 Å². The molecule has 3 rings (SSSR count). The molecular weight excluding hydrogens is 278 g/mol. The monoisotopic (exact) mass is 299 g/mol. The van der Waals surface area contributed by atoms with E-state index in [0.717, 1.165) is 37.2 Å². The van der Waals surface area contributed by atoms with Crippen molar-refractivity contribution in [1.82, 2.24) is 4.90 Å². The molecule has 1 saturated heterocycles. The molecule has 0 bridgehead atoms. The van der Waals surface area contributed by atoms with Gasteiger partial charge in [0.05, 0.1) is 23.7 Å². The Labute approximate surface area is 131 Å². The van der Waals surface area contributed by atoms with Gasteiger partial charge < -0.3 is 14.5 Å². The van der Waals surface area contributed by atoms with Crippen LogP contribution >= 0.6 is 0 Å². The van der Waals surface area contributed by atoms with Gasteiger partial charge in [-0.3, -0.25) is 4.79 Å². The standard InChI is InChI=1S/C17H21N3O2/c1-19-7-5-17(6-8-19)14-11-13(12-18)3-4-15(14)20(16(17)21)9-10-22-2/h3-4,11H,5-10H2,1-2H3. The molecule has 0 N–H and O–H groups in total. The molecule has 2 aliphatic rings. The summed E-state index contributed by atoms with van der Waals surface area (Å²) in [5.74, 6) is 0.169. The van der Waals surface area contributed by atoms with Gasteiger partial charge in [0.25, 0.3) is 0 Å². The van der Waals surface area contributed by atoms with E-state index in [1.54, 1.807) is 13.2 Å². The zero-order valence-corrected chi connectivity index (χ0v) is 13.1. The van der Waals surface area contributed by atoms with Gasteiger partial charge >= 0.3 is 0 Å². The van der Waals surface area contributed by atoms with Crippen molar-refractivity contribution in [3.63, 3.8) is 0 Å². The Balaban J connectivity index is 2.05. The highest BCUT2D eigenvalue weighted by Gasteiger charge is 2.51. The summed E-state index contributed by atoms with van der Waals surface area (Å²) in [6, 6.07) is 7.81. The van der Waals surface area contributed by atoms with Gasteiger partial charge in [-0.15, -0.1) is 0 Å². The Morgan fingerprint density at radius 1 is 1.36 bits per heavy atom. The normalized spacial score (nSPS) is 20.2. The van der Waals surface area contributed by atoms with Gasteiger partial charge in [0.15, 0.2) is 0 Å². The Bertz CT molecular complexity index is 627. The van der Waals surface area contributed by atoms with Gasteiger partial charge in [-0.2, -0.15) is 5.26 Å². The van der Waals surface area contributed by atoms with Crippen LogP contribution in [0.2, 0.25) is 0 Å². The quantitative estimate of drug-likeness (QED) is 0.849. The number of methoxy groups -OCH3 is 1. The predicted octanol–water partition coefficient (Wildman–Crippen LogP) is 1.51. The molecule has 1 amide bonds. The van der Waals surface area contributed by atoms with Crippen LogP contribution in [0, 0.1) is 11.3 Å². The molecule has 1 spiro atoms. The number of likely N-dealkylation sites (tertiary alicyclic amines) is 1. The minimum absolute atomic E-state index is 0.169. The van der Waals surface area contributed by atoms with E-state index in [9.17, 15) is 10.1 Å². The van der Waals surface area contributed by atoms with Gasteiger partial charge in [0, 0.05) is 19.3 Å². The van der Waals surface area contributed by atoms with E-state index in [1.807, 2.05) is 17.0 Å². The van der Waals surface area contributed by atoms with E-state index >= 15 is 0 Å². The zero-order chi connectivity index (χ0) is 15.7. The molecule has 1 fully saturated rings. The van der Waals surface area contributed by atoms with Crippen molar-refractivity contribution < 1.29 is 9.53 Å². The molecule has 0 aromatic heterocycles. The second-order valence-electron chi connectivity index (χ2n) is 6.18. The second kappa shape index (κ2) is 5.71. The first-order chi connectivity index (χ1) is 10.6. The van der Waals surface area contributed by atoms with Crippen molar-refractivity contribution >= 4 is 11.6 Å². The number of carbonyl (C=O) groups is 1. The number of ether oxygens (including phenoxy) is 1. The number of nitriles is 1. The first-order valence-electron chi connectivity index (χ1n) is 7.66. The largest absolute Gasteiger partial charge is 0.383 e. The maximum atomic E-state index is 13.1. The molecule has 0 unspecified atom stereocenters. The van der Waals surface area contributed by atoms with Crippen molar-refractivity contribution in [3.8, 4) is 6.07 Å². The van der Waals surface area contributed by atoms with Gasteiger partial charge in [-0.05, 0) is 56.7 Å². The summed E-state index contributed by atoms with van der Waals surface area (Å²) in [6.45, 7) is 2.88. The molecule has 0 radical (unpaired) electrons. The molecule has 1 aromatic rings. The molecule has 2 heterocycles. The average molecular weight is 299 g/mol. The van der Waals surface area contributed by atoms with Crippen molar-refractivity contribution in [1.29, 1.82) is 5.26 Å². The summed E-state index contributed by atoms with van der Waals surface area (Å²) >= 11 is 0. The number of anilines is 1. The van der Waals surface area contributed by atoms with Crippen molar-refractivity contribution in [2.75, 3.05) is 45.3 Å². The first kappa shape index (κ1) is 15.0. The molecule has 5 heteroatoms. The summed E-state index contributed by atoms with van der Waals surface area (Å²) < 4.78 is 5.15. The van der Waals surface area contributed by atoms with Gasteiger partial charge in [-0.25, -0.2) is 0 Å². The van der Waals surface area contributed by atoms with Crippen LogP contribution < -0.4 is 4.90 Å². The van der Waals surface area contributed by atoms with Crippen LogP contribution in [-0.4, -0.2) is 51.2 Å². The number of fused-ring (bicyclic) bond motifs is 2. The Morgan fingerprint density at radius 3 is 2.73 bits per heavy atom. The third-order valence-electron chi connectivity index (χ3n) is 4.95. The van der Waals surface area contributed by atoms with E-state index in [4.69, 9.17) is 4.74 Å². The molecule has 22 heavy (non-hydrogen) atoms. The minimum atomic E-state index is -0.456. The van der Waals surface area contributed by atoms with Crippen molar-refractivity contribution in [3.05, 3.63) is 29.3 Å². The van der Waals surface area contributed by atoms with E-state index in [-0.39, 0.29) is 5.91 Å². The second-order valence-corrected chi connectivity index (χ2v) is 6.18. The van der Waals surface area contributed by atoms with Gasteiger partial charge in [0.2, 0.25) is 5.91 Å². The van der Waals surface area contributed by atoms with Crippen LogP contribution in [0.15, 0.2) is 18.2 Å². The van der Waals surface area contributed by atoms with Crippen LogP contribution in [0.5, 0.6) is 0 Å². The average Bonchev–Trinajstić information content (AvgIpc) is 2.77. The number of piperidine rings is 1. The molecule has 0 atom stereocenters. The van der Waals surface area contributed by atoms with Crippen LogP contribution in [0.3, 0.4) is 0 Å². The number of amides is 1. The Morgan fingerprint density at radius 2 is 2.09 bits per heavy atom. The topological polar surface area (TPSA) is 56.6 Å². The lowest BCUT2D eigenvalue weighted by Crippen LogP contribution is -2.48. The third kappa shape index (κ3) is 2.20. The molecular formula is C17H21N3O2. The Hall–Kier alpha value is -1.90. The van der Waals surface area contributed by atoms with Crippen LogP contribution in [0.4, 0.5) is 5.69 Å². The molecule has 116 valence electrons. The molecule has 2 aliphatic heterocycles. The fraction of sp³-hybridized carbons (Fsp3) is 0.529. The maximum Gasteiger partial charge on any atom is 0.237 e. The molecule has 0 aliphatic carbocycles. The van der Waals surface area contributed by atoms with E-state index in [2.05, 4.69) is 18.0 Å². The lowest BCUT2D eigenvalue weighted by molar-refractivity contribution is -0.124. The number of benzene rings is 1. The lowest BCUT2D eigenvalue weighted by Gasteiger charge is -2.36.